The van der Waals surface area contributed by atoms with Crippen LogP contribution < -0.4 is 0 Å². The summed E-state index contributed by atoms with van der Waals surface area (Å²) in [4.78, 5) is 10.7. The highest BCUT2D eigenvalue weighted by Crippen LogP contribution is 2.04. The van der Waals surface area contributed by atoms with Crippen molar-refractivity contribution >= 4 is 5.78 Å². The van der Waals surface area contributed by atoms with Crippen LogP contribution in [0.15, 0.2) is 12.7 Å². The van der Waals surface area contributed by atoms with Crippen LogP contribution >= 0.6 is 0 Å². The Balaban J connectivity index is 2.99. The fourth-order valence-electron chi connectivity index (χ4n) is 1.22. The van der Waals surface area contributed by atoms with Crippen LogP contribution in [0.4, 0.5) is 0 Å². The van der Waals surface area contributed by atoms with E-state index in [9.17, 15) is 4.79 Å². The molecule has 0 saturated carbocycles. The van der Waals surface area contributed by atoms with Gasteiger partial charge in [-0.2, -0.15) is 0 Å². The van der Waals surface area contributed by atoms with E-state index in [-0.39, 0.29) is 12.4 Å². The van der Waals surface area contributed by atoms with Gasteiger partial charge in [0.2, 0.25) is 0 Å². The van der Waals surface area contributed by atoms with Crippen molar-refractivity contribution in [2.75, 3.05) is 13.2 Å². The first kappa shape index (κ1) is 13.4. The molecule has 0 saturated heterocycles. The number of hydrogen-bond donors (Lipinski definition) is 0. The minimum atomic E-state index is -0.0315. The van der Waals surface area contributed by atoms with Crippen LogP contribution in [0.25, 0.3) is 0 Å². The Morgan fingerprint density at radius 2 is 1.86 bits per heavy atom. The SMILES string of the molecule is C=CC(=O)COCCCCCCCC. The molecule has 0 unspecified atom stereocenters. The van der Waals surface area contributed by atoms with E-state index in [0.717, 1.165) is 6.42 Å². The van der Waals surface area contributed by atoms with Crippen molar-refractivity contribution in [3.8, 4) is 0 Å². The summed E-state index contributed by atoms with van der Waals surface area (Å²) < 4.78 is 5.17. The number of ketones is 1. The number of carbonyl (C=O) groups excluding carboxylic acids is 1. The van der Waals surface area contributed by atoms with E-state index in [2.05, 4.69) is 13.5 Å². The monoisotopic (exact) mass is 198 g/mol. The summed E-state index contributed by atoms with van der Waals surface area (Å²) in [6, 6.07) is 0. The van der Waals surface area contributed by atoms with Crippen molar-refractivity contribution in [3.63, 3.8) is 0 Å². The van der Waals surface area contributed by atoms with Crippen molar-refractivity contribution in [2.45, 2.75) is 45.4 Å². The summed E-state index contributed by atoms with van der Waals surface area (Å²) in [5, 5.41) is 0. The van der Waals surface area contributed by atoms with Crippen LogP contribution in [0.3, 0.4) is 0 Å². The molecular weight excluding hydrogens is 176 g/mol. The Morgan fingerprint density at radius 1 is 1.21 bits per heavy atom. The van der Waals surface area contributed by atoms with Crippen LogP contribution in [-0.4, -0.2) is 19.0 Å². The van der Waals surface area contributed by atoms with Gasteiger partial charge < -0.3 is 4.74 Å². The minimum absolute atomic E-state index is 0.0315. The molecular formula is C12H22O2. The van der Waals surface area contributed by atoms with Gasteiger partial charge in [-0.1, -0.05) is 45.6 Å². The second kappa shape index (κ2) is 10.5. The van der Waals surface area contributed by atoms with Gasteiger partial charge in [0.15, 0.2) is 5.78 Å². The predicted octanol–water partition coefficient (Wildman–Crippen LogP) is 3.12. The van der Waals surface area contributed by atoms with Gasteiger partial charge in [0.1, 0.15) is 6.61 Å². The maximum atomic E-state index is 10.7. The molecule has 0 amide bonds. The molecule has 0 fully saturated rings. The second-order valence-corrected chi connectivity index (χ2v) is 3.49. The molecule has 0 atom stereocenters. The first-order valence-electron chi connectivity index (χ1n) is 5.54. The highest BCUT2D eigenvalue weighted by Gasteiger charge is 1.95. The van der Waals surface area contributed by atoms with E-state index in [0.29, 0.717) is 6.61 Å². The molecule has 0 aromatic heterocycles. The Hall–Kier alpha value is -0.630. The van der Waals surface area contributed by atoms with Crippen LogP contribution in [0.2, 0.25) is 0 Å². The van der Waals surface area contributed by atoms with E-state index in [1.54, 1.807) is 0 Å². The third-order valence-corrected chi connectivity index (χ3v) is 2.11. The molecule has 2 heteroatoms. The quantitative estimate of drug-likeness (QED) is 0.398. The lowest BCUT2D eigenvalue weighted by molar-refractivity contribution is -0.118. The van der Waals surface area contributed by atoms with Gasteiger partial charge in [-0.15, -0.1) is 0 Å². The Bertz CT molecular complexity index is 152. The molecule has 0 N–H and O–H groups in total. The maximum absolute atomic E-state index is 10.7. The fourth-order valence-corrected chi connectivity index (χ4v) is 1.22. The van der Waals surface area contributed by atoms with Crippen LogP contribution in [0.1, 0.15) is 45.4 Å². The largest absolute Gasteiger partial charge is 0.373 e. The summed E-state index contributed by atoms with van der Waals surface area (Å²) in [6.07, 6.45) is 8.80. The maximum Gasteiger partial charge on any atom is 0.180 e. The first-order valence-corrected chi connectivity index (χ1v) is 5.54. The molecule has 0 bridgehead atoms. The van der Waals surface area contributed by atoms with Gasteiger partial charge in [-0.05, 0) is 12.5 Å². The van der Waals surface area contributed by atoms with E-state index < -0.39 is 0 Å². The molecule has 0 radical (unpaired) electrons. The highest BCUT2D eigenvalue weighted by atomic mass is 16.5. The van der Waals surface area contributed by atoms with Crippen LogP contribution in [-0.2, 0) is 9.53 Å². The third-order valence-electron chi connectivity index (χ3n) is 2.11. The molecule has 0 heterocycles. The van der Waals surface area contributed by atoms with Gasteiger partial charge in [-0.25, -0.2) is 0 Å². The normalized spacial score (nSPS) is 10.1. The molecule has 0 aliphatic heterocycles. The van der Waals surface area contributed by atoms with Gasteiger partial charge in [0.25, 0.3) is 0 Å². The third kappa shape index (κ3) is 9.46. The standard InChI is InChI=1S/C12H22O2/c1-3-5-6-7-8-9-10-14-11-12(13)4-2/h4H,2-3,5-11H2,1H3. The zero-order chi connectivity index (χ0) is 10.6. The first-order chi connectivity index (χ1) is 6.81. The van der Waals surface area contributed by atoms with Gasteiger partial charge in [-0.3, -0.25) is 4.79 Å². The van der Waals surface area contributed by atoms with Crippen molar-refractivity contribution in [3.05, 3.63) is 12.7 Å². The lowest BCUT2D eigenvalue weighted by Crippen LogP contribution is -2.05. The fraction of sp³-hybridized carbons (Fsp3) is 0.750. The smallest absolute Gasteiger partial charge is 0.180 e. The highest BCUT2D eigenvalue weighted by molar-refractivity contribution is 5.90. The zero-order valence-corrected chi connectivity index (χ0v) is 9.26. The molecule has 0 aliphatic rings. The van der Waals surface area contributed by atoms with E-state index in [4.69, 9.17) is 4.74 Å². The van der Waals surface area contributed by atoms with Crippen molar-refractivity contribution in [2.24, 2.45) is 0 Å². The Morgan fingerprint density at radius 3 is 2.50 bits per heavy atom. The Labute approximate surface area is 87.3 Å². The van der Waals surface area contributed by atoms with Gasteiger partial charge >= 0.3 is 0 Å². The molecule has 0 aliphatic carbocycles. The molecule has 0 aromatic carbocycles. The number of ether oxygens (including phenoxy) is 1. The zero-order valence-electron chi connectivity index (χ0n) is 9.26. The molecule has 0 spiro atoms. The van der Waals surface area contributed by atoms with Crippen LogP contribution in [0, 0.1) is 0 Å². The summed E-state index contributed by atoms with van der Waals surface area (Å²) in [6.45, 7) is 6.49. The van der Waals surface area contributed by atoms with E-state index >= 15 is 0 Å². The van der Waals surface area contributed by atoms with Crippen molar-refractivity contribution in [1.29, 1.82) is 0 Å². The predicted molar refractivity (Wildman–Crippen MR) is 59.4 cm³/mol. The summed E-state index contributed by atoms with van der Waals surface area (Å²) in [7, 11) is 0. The minimum Gasteiger partial charge on any atom is -0.373 e. The molecule has 14 heavy (non-hydrogen) atoms. The van der Waals surface area contributed by atoms with E-state index in [1.165, 1.54) is 38.2 Å². The number of rotatable bonds is 10. The summed E-state index contributed by atoms with van der Waals surface area (Å²) in [5.74, 6) is -0.0315. The number of unbranched alkanes of at least 4 members (excludes halogenated alkanes) is 5. The molecule has 0 rings (SSSR count). The van der Waals surface area contributed by atoms with E-state index in [1.807, 2.05) is 0 Å². The molecule has 82 valence electrons. The molecule has 2 nitrogen and oxygen atoms in total. The summed E-state index contributed by atoms with van der Waals surface area (Å²) >= 11 is 0. The van der Waals surface area contributed by atoms with Crippen LogP contribution in [0.5, 0.6) is 0 Å². The summed E-state index contributed by atoms with van der Waals surface area (Å²) in [5.41, 5.74) is 0. The van der Waals surface area contributed by atoms with Crippen molar-refractivity contribution in [1.82, 2.24) is 0 Å². The Kier molecular flexibility index (Phi) is 9.98. The van der Waals surface area contributed by atoms with Gasteiger partial charge in [0.05, 0.1) is 0 Å². The van der Waals surface area contributed by atoms with Gasteiger partial charge in [0, 0.05) is 6.61 Å². The molecule has 0 aromatic rings. The number of carbonyl (C=O) groups is 1. The topological polar surface area (TPSA) is 26.3 Å². The lowest BCUT2D eigenvalue weighted by Gasteiger charge is -2.01. The average molecular weight is 198 g/mol. The second-order valence-electron chi connectivity index (χ2n) is 3.49. The average Bonchev–Trinajstić information content (AvgIpc) is 2.21. The lowest BCUT2D eigenvalue weighted by atomic mass is 10.1. The van der Waals surface area contributed by atoms with Crippen molar-refractivity contribution < 1.29 is 9.53 Å². The number of hydrogen-bond acceptors (Lipinski definition) is 2.